The number of hydrogen-bond acceptors (Lipinski definition) is 5. The first kappa shape index (κ1) is 22.9. The molecule has 2 N–H and O–H groups in total. The van der Waals surface area contributed by atoms with Crippen molar-refractivity contribution >= 4 is 24.2 Å². The molecule has 0 aromatic rings. The van der Waals surface area contributed by atoms with Gasteiger partial charge < -0.3 is 20.3 Å². The van der Waals surface area contributed by atoms with Crippen LogP contribution in [0.3, 0.4) is 0 Å². The molecule has 2 aliphatic rings. The summed E-state index contributed by atoms with van der Waals surface area (Å²) in [5.74, 6) is -0.709. The van der Waals surface area contributed by atoms with Gasteiger partial charge in [-0.3, -0.25) is 14.5 Å². The van der Waals surface area contributed by atoms with Crippen LogP contribution in [0.4, 0.5) is 13.2 Å². The van der Waals surface area contributed by atoms with Crippen LogP contribution in [0.1, 0.15) is 12.8 Å². The highest BCUT2D eigenvalue weighted by atomic mass is 35.5. The van der Waals surface area contributed by atoms with E-state index in [0.29, 0.717) is 39.4 Å². The Kier molecular flexibility index (Phi) is 9.62. The van der Waals surface area contributed by atoms with Crippen molar-refractivity contribution in [3.05, 3.63) is 0 Å². The molecule has 2 rings (SSSR count). The van der Waals surface area contributed by atoms with E-state index in [1.807, 2.05) is 0 Å². The standard InChI is InChI=1S/C15H25F3N4O3.ClH/c16-15(17,18)12(21-5-3-19-4-6-21)11-20-13(23)1-2-14(24)22-7-9-25-10-8-22;/h12,19H,1-11H2,(H,20,23);1H. The van der Waals surface area contributed by atoms with E-state index in [0.717, 1.165) is 0 Å². The second kappa shape index (κ2) is 10.9. The molecule has 0 saturated carbocycles. The molecule has 0 spiro atoms. The summed E-state index contributed by atoms with van der Waals surface area (Å²) in [6, 6.07) is -1.70. The van der Waals surface area contributed by atoms with Gasteiger partial charge in [-0.05, 0) is 0 Å². The Bertz CT molecular complexity index is 456. The zero-order valence-corrected chi connectivity index (χ0v) is 15.3. The normalized spacial score (nSPS) is 20.2. The number of nitrogens with one attached hydrogen (secondary N) is 2. The van der Waals surface area contributed by atoms with E-state index in [2.05, 4.69) is 10.6 Å². The van der Waals surface area contributed by atoms with Crippen LogP contribution in [-0.2, 0) is 14.3 Å². The van der Waals surface area contributed by atoms with Crippen LogP contribution in [0, 0.1) is 0 Å². The lowest BCUT2D eigenvalue weighted by Gasteiger charge is -2.35. The number of rotatable bonds is 6. The molecule has 2 amide bonds. The quantitative estimate of drug-likeness (QED) is 0.654. The Morgan fingerprint density at radius 2 is 1.69 bits per heavy atom. The highest BCUT2D eigenvalue weighted by Crippen LogP contribution is 2.24. The molecule has 26 heavy (non-hydrogen) atoms. The van der Waals surface area contributed by atoms with Crippen LogP contribution >= 0.6 is 12.4 Å². The van der Waals surface area contributed by atoms with Crippen molar-refractivity contribution in [1.29, 1.82) is 0 Å². The molecule has 0 aromatic heterocycles. The van der Waals surface area contributed by atoms with Gasteiger partial charge in [0.05, 0.1) is 13.2 Å². The predicted molar refractivity (Wildman–Crippen MR) is 91.2 cm³/mol. The number of piperazine rings is 1. The molecule has 2 heterocycles. The van der Waals surface area contributed by atoms with Gasteiger partial charge in [0.2, 0.25) is 11.8 Å². The van der Waals surface area contributed by atoms with Gasteiger partial charge in [0.1, 0.15) is 6.04 Å². The zero-order valence-electron chi connectivity index (χ0n) is 14.5. The predicted octanol–water partition coefficient (Wildman–Crippen LogP) is -0.000500. The van der Waals surface area contributed by atoms with Gasteiger partial charge in [-0.25, -0.2) is 0 Å². The molecule has 1 unspecified atom stereocenters. The number of amides is 2. The second-order valence-corrected chi connectivity index (χ2v) is 6.14. The fourth-order valence-electron chi connectivity index (χ4n) is 2.94. The summed E-state index contributed by atoms with van der Waals surface area (Å²) < 4.78 is 44.8. The van der Waals surface area contributed by atoms with Gasteiger partial charge in [0.25, 0.3) is 0 Å². The molecule has 2 saturated heterocycles. The van der Waals surface area contributed by atoms with Crippen molar-refractivity contribution in [1.82, 2.24) is 20.4 Å². The highest BCUT2D eigenvalue weighted by Gasteiger charge is 2.43. The number of carbonyl (C=O) groups excluding carboxylic acids is 2. The van der Waals surface area contributed by atoms with E-state index in [1.165, 1.54) is 4.90 Å². The third-order valence-corrected chi connectivity index (χ3v) is 4.39. The topological polar surface area (TPSA) is 73.9 Å². The van der Waals surface area contributed by atoms with Gasteiger partial charge in [-0.15, -0.1) is 12.4 Å². The molecule has 0 radical (unpaired) electrons. The molecule has 0 aliphatic carbocycles. The maximum atomic E-state index is 13.2. The SMILES string of the molecule is Cl.O=C(CCC(=O)N1CCOCC1)NCC(N1CCNCC1)C(F)(F)F. The van der Waals surface area contributed by atoms with Crippen LogP contribution in [0.15, 0.2) is 0 Å². The second-order valence-electron chi connectivity index (χ2n) is 6.14. The van der Waals surface area contributed by atoms with Gasteiger partial charge in [0.15, 0.2) is 0 Å². The van der Waals surface area contributed by atoms with Gasteiger partial charge in [0, 0.05) is 58.7 Å². The number of morpholine rings is 1. The number of halogens is 4. The zero-order chi connectivity index (χ0) is 18.3. The summed E-state index contributed by atoms with van der Waals surface area (Å²) in [5, 5.41) is 5.33. The van der Waals surface area contributed by atoms with Crippen molar-refractivity contribution in [2.45, 2.75) is 25.1 Å². The van der Waals surface area contributed by atoms with Crippen molar-refractivity contribution < 1.29 is 27.5 Å². The lowest BCUT2D eigenvalue weighted by atomic mass is 10.2. The van der Waals surface area contributed by atoms with Gasteiger partial charge in [-0.2, -0.15) is 13.2 Å². The van der Waals surface area contributed by atoms with Crippen LogP contribution < -0.4 is 10.6 Å². The molecular formula is C15H26ClF3N4O3. The molecule has 11 heteroatoms. The minimum atomic E-state index is -4.41. The van der Waals surface area contributed by atoms with Crippen molar-refractivity contribution in [3.63, 3.8) is 0 Å². The fraction of sp³-hybridized carbons (Fsp3) is 0.867. The van der Waals surface area contributed by atoms with E-state index in [-0.39, 0.29) is 44.2 Å². The van der Waals surface area contributed by atoms with Crippen LogP contribution in [0.25, 0.3) is 0 Å². The third-order valence-electron chi connectivity index (χ3n) is 4.39. The molecule has 7 nitrogen and oxygen atoms in total. The van der Waals surface area contributed by atoms with Crippen LogP contribution in [0.2, 0.25) is 0 Å². The summed E-state index contributed by atoms with van der Waals surface area (Å²) in [6.07, 6.45) is -4.52. The Morgan fingerprint density at radius 1 is 1.08 bits per heavy atom. The van der Waals surface area contributed by atoms with Crippen molar-refractivity contribution in [3.8, 4) is 0 Å². The Labute approximate surface area is 157 Å². The largest absolute Gasteiger partial charge is 0.405 e. The molecule has 0 bridgehead atoms. The summed E-state index contributed by atoms with van der Waals surface area (Å²) in [4.78, 5) is 26.7. The van der Waals surface area contributed by atoms with E-state index < -0.39 is 24.7 Å². The first-order chi connectivity index (χ1) is 11.9. The fourth-order valence-corrected chi connectivity index (χ4v) is 2.94. The molecule has 152 valence electrons. The maximum Gasteiger partial charge on any atom is 0.405 e. The van der Waals surface area contributed by atoms with Gasteiger partial charge in [-0.1, -0.05) is 0 Å². The van der Waals surface area contributed by atoms with Crippen LogP contribution in [0.5, 0.6) is 0 Å². The summed E-state index contributed by atoms with van der Waals surface area (Å²) in [5.41, 5.74) is 0. The summed E-state index contributed by atoms with van der Waals surface area (Å²) in [6.45, 7) is 2.98. The number of ether oxygens (including phenoxy) is 1. The minimum absolute atomic E-state index is 0. The third kappa shape index (κ3) is 7.26. The summed E-state index contributed by atoms with van der Waals surface area (Å²) in [7, 11) is 0. The number of hydrogen-bond donors (Lipinski definition) is 2. The Morgan fingerprint density at radius 3 is 2.27 bits per heavy atom. The first-order valence-corrected chi connectivity index (χ1v) is 8.51. The maximum absolute atomic E-state index is 13.2. The van der Waals surface area contributed by atoms with Crippen LogP contribution in [-0.4, -0.2) is 92.9 Å². The number of carbonyl (C=O) groups is 2. The van der Waals surface area contributed by atoms with E-state index in [1.54, 1.807) is 4.90 Å². The molecule has 1 atom stereocenters. The van der Waals surface area contributed by atoms with E-state index in [4.69, 9.17) is 4.74 Å². The lowest BCUT2D eigenvalue weighted by Crippen LogP contribution is -2.57. The average molecular weight is 403 g/mol. The summed E-state index contributed by atoms with van der Waals surface area (Å²) >= 11 is 0. The monoisotopic (exact) mass is 402 g/mol. The molecular weight excluding hydrogens is 377 g/mol. The van der Waals surface area contributed by atoms with E-state index >= 15 is 0 Å². The Balaban J connectivity index is 0.00000338. The highest BCUT2D eigenvalue weighted by molar-refractivity contribution is 5.85. The smallest absolute Gasteiger partial charge is 0.378 e. The average Bonchev–Trinajstić information content (AvgIpc) is 2.60. The first-order valence-electron chi connectivity index (χ1n) is 8.51. The number of nitrogens with zero attached hydrogens (tertiary/aromatic N) is 2. The van der Waals surface area contributed by atoms with E-state index in [9.17, 15) is 22.8 Å². The van der Waals surface area contributed by atoms with Crippen molar-refractivity contribution in [2.75, 3.05) is 59.0 Å². The molecule has 0 aromatic carbocycles. The molecule has 2 aliphatic heterocycles. The van der Waals surface area contributed by atoms with Crippen molar-refractivity contribution in [2.24, 2.45) is 0 Å². The lowest BCUT2D eigenvalue weighted by molar-refractivity contribution is -0.184. The molecule has 2 fully saturated rings. The van der Waals surface area contributed by atoms with Gasteiger partial charge >= 0.3 is 6.18 Å². The number of alkyl halides is 3. The Hall–Kier alpha value is -1.10. The minimum Gasteiger partial charge on any atom is -0.378 e.